The Morgan fingerprint density at radius 3 is 2.81 bits per heavy atom. The standard InChI is InChI=1S/C19H31N5O.HI/c1-3-17(24-15-7-9-18(24)25)11-14-23-19(20-4-2)22-13-10-16-8-5-6-12-21-16;/h5-6,8,12,17H,3-4,7,9-11,13-15H2,1-2H3,(H2,20,22,23);1H. The first-order valence-corrected chi connectivity index (χ1v) is 9.46. The summed E-state index contributed by atoms with van der Waals surface area (Å²) in [7, 11) is 0. The van der Waals surface area contributed by atoms with Crippen LogP contribution in [0.4, 0.5) is 0 Å². The zero-order valence-electron chi connectivity index (χ0n) is 15.9. The molecule has 2 heterocycles. The maximum atomic E-state index is 11.9. The summed E-state index contributed by atoms with van der Waals surface area (Å²) < 4.78 is 0. The Kier molecular flexibility index (Phi) is 11.2. The summed E-state index contributed by atoms with van der Waals surface area (Å²) in [4.78, 5) is 22.9. The van der Waals surface area contributed by atoms with E-state index >= 15 is 0 Å². The highest BCUT2D eigenvalue weighted by Crippen LogP contribution is 2.17. The molecule has 0 saturated carbocycles. The second-order valence-corrected chi connectivity index (χ2v) is 6.30. The molecule has 0 spiro atoms. The van der Waals surface area contributed by atoms with Crippen LogP contribution in [0.3, 0.4) is 0 Å². The number of nitrogens with zero attached hydrogens (tertiary/aromatic N) is 3. The second-order valence-electron chi connectivity index (χ2n) is 6.30. The number of pyridine rings is 1. The molecule has 1 aromatic heterocycles. The average Bonchev–Trinajstić information content (AvgIpc) is 3.05. The number of aromatic nitrogens is 1. The van der Waals surface area contributed by atoms with Gasteiger partial charge >= 0.3 is 0 Å². The summed E-state index contributed by atoms with van der Waals surface area (Å²) in [6.07, 6.45) is 6.29. The largest absolute Gasteiger partial charge is 0.357 e. The van der Waals surface area contributed by atoms with Gasteiger partial charge in [-0.25, -0.2) is 0 Å². The van der Waals surface area contributed by atoms with E-state index in [0.717, 1.165) is 63.5 Å². The molecule has 1 atom stereocenters. The maximum Gasteiger partial charge on any atom is 0.222 e. The van der Waals surface area contributed by atoms with Crippen molar-refractivity contribution in [3.05, 3.63) is 30.1 Å². The van der Waals surface area contributed by atoms with E-state index in [0.29, 0.717) is 18.4 Å². The Labute approximate surface area is 174 Å². The predicted molar refractivity (Wildman–Crippen MR) is 117 cm³/mol. The number of nitrogens with one attached hydrogen (secondary N) is 2. The van der Waals surface area contributed by atoms with Gasteiger partial charge < -0.3 is 15.5 Å². The van der Waals surface area contributed by atoms with Gasteiger partial charge in [0.25, 0.3) is 0 Å². The number of amides is 1. The monoisotopic (exact) mass is 473 g/mol. The molecule has 6 nitrogen and oxygen atoms in total. The Bertz CT molecular complexity index is 552. The van der Waals surface area contributed by atoms with Crippen molar-refractivity contribution >= 4 is 35.8 Å². The first kappa shape index (κ1) is 22.7. The molecule has 0 aliphatic carbocycles. The second kappa shape index (κ2) is 12.9. The van der Waals surface area contributed by atoms with E-state index in [2.05, 4.69) is 34.5 Å². The highest BCUT2D eigenvalue weighted by Gasteiger charge is 2.26. The minimum Gasteiger partial charge on any atom is -0.357 e. The maximum absolute atomic E-state index is 11.9. The fourth-order valence-electron chi connectivity index (χ4n) is 3.16. The van der Waals surface area contributed by atoms with Gasteiger partial charge in [-0.2, -0.15) is 0 Å². The third-order valence-electron chi connectivity index (χ3n) is 4.50. The molecular weight excluding hydrogens is 441 g/mol. The minimum atomic E-state index is 0. The van der Waals surface area contributed by atoms with Crippen molar-refractivity contribution in [1.82, 2.24) is 20.5 Å². The van der Waals surface area contributed by atoms with Crippen LogP contribution in [0.5, 0.6) is 0 Å². The summed E-state index contributed by atoms with van der Waals surface area (Å²) in [5, 5.41) is 6.63. The smallest absolute Gasteiger partial charge is 0.222 e. The number of rotatable bonds is 9. The third kappa shape index (κ3) is 7.47. The number of hydrogen-bond acceptors (Lipinski definition) is 3. The van der Waals surface area contributed by atoms with Crippen molar-refractivity contribution in [3.63, 3.8) is 0 Å². The quantitative estimate of drug-likeness (QED) is 0.329. The number of halogens is 1. The van der Waals surface area contributed by atoms with Gasteiger partial charge in [0.05, 0.1) is 0 Å². The lowest BCUT2D eigenvalue weighted by molar-refractivity contribution is -0.129. The average molecular weight is 473 g/mol. The fourth-order valence-corrected chi connectivity index (χ4v) is 3.16. The lowest BCUT2D eigenvalue weighted by Gasteiger charge is -2.26. The van der Waals surface area contributed by atoms with Gasteiger partial charge in [-0.05, 0) is 38.3 Å². The van der Waals surface area contributed by atoms with Crippen molar-refractivity contribution in [2.45, 2.75) is 52.0 Å². The van der Waals surface area contributed by atoms with Crippen LogP contribution in [0.15, 0.2) is 29.4 Å². The first-order chi connectivity index (χ1) is 12.2. The SMILES string of the molecule is CCNC(=NCCC(CC)N1CCCC1=O)NCCc1ccccn1.I. The number of guanidine groups is 1. The van der Waals surface area contributed by atoms with Crippen molar-refractivity contribution in [3.8, 4) is 0 Å². The van der Waals surface area contributed by atoms with Crippen LogP contribution >= 0.6 is 24.0 Å². The van der Waals surface area contributed by atoms with Crippen molar-refractivity contribution < 1.29 is 4.79 Å². The molecule has 1 amide bonds. The van der Waals surface area contributed by atoms with Gasteiger partial charge in [-0.3, -0.25) is 14.8 Å². The molecule has 2 rings (SSSR count). The van der Waals surface area contributed by atoms with Gasteiger partial charge in [0.15, 0.2) is 5.96 Å². The summed E-state index contributed by atoms with van der Waals surface area (Å²) in [6, 6.07) is 6.28. The number of aliphatic imine (C=N–C) groups is 1. The van der Waals surface area contributed by atoms with E-state index in [1.165, 1.54) is 0 Å². The van der Waals surface area contributed by atoms with E-state index in [1.54, 1.807) is 0 Å². The van der Waals surface area contributed by atoms with E-state index in [4.69, 9.17) is 0 Å². The topological polar surface area (TPSA) is 69.6 Å². The number of carbonyl (C=O) groups excluding carboxylic acids is 1. The highest BCUT2D eigenvalue weighted by atomic mass is 127. The molecule has 0 aromatic carbocycles. The number of carbonyl (C=O) groups is 1. The molecule has 1 fully saturated rings. The summed E-state index contributed by atoms with van der Waals surface area (Å²) in [5.74, 6) is 1.14. The lowest BCUT2D eigenvalue weighted by Crippen LogP contribution is -2.39. The zero-order chi connectivity index (χ0) is 17.9. The molecule has 2 N–H and O–H groups in total. The molecular formula is C19H32IN5O. The normalized spacial score (nSPS) is 15.5. The highest BCUT2D eigenvalue weighted by molar-refractivity contribution is 14.0. The molecule has 1 aliphatic rings. The van der Waals surface area contributed by atoms with Crippen LogP contribution in [0.2, 0.25) is 0 Å². The fraction of sp³-hybridized carbons (Fsp3) is 0.632. The van der Waals surface area contributed by atoms with E-state index in [9.17, 15) is 4.79 Å². The Balaban J connectivity index is 0.00000338. The molecule has 0 bridgehead atoms. The van der Waals surface area contributed by atoms with Crippen molar-refractivity contribution in [2.75, 3.05) is 26.2 Å². The van der Waals surface area contributed by atoms with Gasteiger partial charge in [0.2, 0.25) is 5.91 Å². The van der Waals surface area contributed by atoms with Gasteiger partial charge in [-0.15, -0.1) is 24.0 Å². The van der Waals surface area contributed by atoms with Crippen molar-refractivity contribution in [1.29, 1.82) is 0 Å². The van der Waals surface area contributed by atoms with Gasteiger partial charge in [-0.1, -0.05) is 13.0 Å². The summed E-state index contributed by atoms with van der Waals surface area (Å²) in [6.45, 7) is 7.47. The third-order valence-corrected chi connectivity index (χ3v) is 4.50. The molecule has 1 unspecified atom stereocenters. The van der Waals surface area contributed by atoms with Crippen molar-refractivity contribution in [2.24, 2.45) is 4.99 Å². The van der Waals surface area contributed by atoms with Crippen LogP contribution in [0, 0.1) is 0 Å². The van der Waals surface area contributed by atoms with Crippen LogP contribution in [0.25, 0.3) is 0 Å². The van der Waals surface area contributed by atoms with Crippen LogP contribution in [-0.2, 0) is 11.2 Å². The van der Waals surface area contributed by atoms with Gasteiger partial charge in [0.1, 0.15) is 0 Å². The first-order valence-electron chi connectivity index (χ1n) is 9.46. The molecule has 146 valence electrons. The zero-order valence-corrected chi connectivity index (χ0v) is 18.2. The van der Waals surface area contributed by atoms with Crippen LogP contribution in [0.1, 0.15) is 45.2 Å². The molecule has 1 aromatic rings. The van der Waals surface area contributed by atoms with Crippen LogP contribution in [-0.4, -0.2) is 54.0 Å². The predicted octanol–water partition coefficient (Wildman–Crippen LogP) is 2.59. The van der Waals surface area contributed by atoms with Gasteiger partial charge in [0, 0.05) is 57.0 Å². The van der Waals surface area contributed by atoms with E-state index in [-0.39, 0.29) is 24.0 Å². The Hall–Kier alpha value is -1.38. The number of likely N-dealkylation sites (tertiary alicyclic amines) is 1. The molecule has 7 heteroatoms. The number of hydrogen-bond donors (Lipinski definition) is 2. The molecule has 1 saturated heterocycles. The Morgan fingerprint density at radius 2 is 2.19 bits per heavy atom. The van der Waals surface area contributed by atoms with E-state index < -0.39 is 0 Å². The summed E-state index contributed by atoms with van der Waals surface area (Å²) >= 11 is 0. The Morgan fingerprint density at radius 1 is 1.35 bits per heavy atom. The molecule has 1 aliphatic heterocycles. The summed E-state index contributed by atoms with van der Waals surface area (Å²) in [5.41, 5.74) is 1.07. The molecule has 0 radical (unpaired) electrons. The lowest BCUT2D eigenvalue weighted by atomic mass is 10.1. The van der Waals surface area contributed by atoms with E-state index in [1.807, 2.05) is 29.3 Å². The molecule has 26 heavy (non-hydrogen) atoms. The minimum absolute atomic E-state index is 0. The van der Waals surface area contributed by atoms with Crippen LogP contribution < -0.4 is 10.6 Å².